The van der Waals surface area contributed by atoms with E-state index in [-0.39, 0.29) is 40.5 Å². The van der Waals surface area contributed by atoms with Crippen LogP contribution in [0.3, 0.4) is 0 Å². The maximum atomic E-state index is 4.98. The molecule has 3 N–H and O–H groups in total. The van der Waals surface area contributed by atoms with Gasteiger partial charge in [-0.05, 0) is 118 Å². The van der Waals surface area contributed by atoms with Crippen LogP contribution in [0.1, 0.15) is 421 Å². The minimum Gasteiger partial charge on any atom is -0.473 e. The van der Waals surface area contributed by atoms with Crippen LogP contribution in [-0.2, 0) is 10.8 Å². The lowest BCUT2D eigenvalue weighted by Gasteiger charge is -2.11. The molecular weight excluding hydrogens is 1620 g/mol. The molecule has 0 aliphatic rings. The van der Waals surface area contributed by atoms with E-state index in [1.807, 2.05) is 256 Å². The van der Waals surface area contributed by atoms with Crippen LogP contribution in [0.15, 0.2) is 211 Å². The van der Waals surface area contributed by atoms with Crippen LogP contribution in [0.5, 0.6) is 0 Å². The normalized spacial score (nSPS) is 7.71. The van der Waals surface area contributed by atoms with Gasteiger partial charge in [-0.2, -0.15) is 16.4 Å². The standard InChI is InChI=1S/C6H10N2O.C6H10N2S.C4H5N.C4H4O.C4H4S.9C4H10.2C3H4N2.2C3H3NO.2C3H3NS.11C2H6.4CH4/c2*1-6(2,3)5-8-7-4-9-5;3*1-2-4-5-3-1;9*1-4(2)3;1-2-5-3-4-1;1-2-4-5-3-1;1-2-5-3-4-1;1-2-4-5-3-1;1-2-5-3-4-1;1-2-4-5-3-1;11*1-2;;;;/h2*4H,1-3H3;1-5H;2*1-4H;9*4H,1-3H3;2*1-3H,(H,4,5);4*1-3H;11*1-2H3;4*1H4. The van der Waals surface area contributed by atoms with E-state index in [4.69, 9.17) is 4.42 Å². The third-order valence-electron chi connectivity index (χ3n) is 5.55. The summed E-state index contributed by atoms with van der Waals surface area (Å²) in [7, 11) is 0. The Kier molecular flexibility index (Phi) is 278. The van der Waals surface area contributed by atoms with Gasteiger partial charge in [-0.3, -0.25) is 10.1 Å². The molecule has 0 spiro atoms. The zero-order chi connectivity index (χ0) is 99.8. The topological polar surface area (TPSA) is 229 Å². The summed E-state index contributed by atoms with van der Waals surface area (Å²) in [6.45, 7) is 115. The van der Waals surface area contributed by atoms with E-state index >= 15 is 0 Å². The summed E-state index contributed by atoms with van der Waals surface area (Å²) in [5.74, 6) is 8.18. The molecule has 0 radical (unpaired) electrons. The zero-order valence-corrected chi connectivity index (χ0v) is 93.2. The molecule has 0 aliphatic carbocycles. The molecule has 21 heteroatoms. The van der Waals surface area contributed by atoms with Gasteiger partial charge in [-0.25, -0.2) is 14.3 Å². The molecule has 11 heterocycles. The molecule has 11 aromatic heterocycles. The lowest BCUT2D eigenvalue weighted by molar-refractivity contribution is 0.392. The van der Waals surface area contributed by atoms with Crippen molar-refractivity contribution in [2.45, 2.75) is 421 Å². The molecule has 754 valence electrons. The molecule has 0 bridgehead atoms. The van der Waals surface area contributed by atoms with Crippen molar-refractivity contribution in [1.82, 2.24) is 65.0 Å². The maximum Gasteiger partial charge on any atom is 0.221 e. The second kappa shape index (κ2) is 190. The predicted molar refractivity (Wildman–Crippen MR) is 586 cm³/mol. The molecule has 0 fully saturated rings. The van der Waals surface area contributed by atoms with Gasteiger partial charge in [0.1, 0.15) is 23.0 Å². The largest absolute Gasteiger partial charge is 0.473 e. The Morgan fingerprint density at radius 3 is 0.824 bits per heavy atom. The molecule has 11 aromatic rings. The number of aromatic amines is 3. The average Bonchev–Trinajstić information content (AvgIpc) is 1.73. The number of aromatic nitrogens is 13. The van der Waals surface area contributed by atoms with E-state index in [1.54, 1.807) is 120 Å². The molecule has 0 atom stereocenters. The highest BCUT2D eigenvalue weighted by Gasteiger charge is 2.18. The predicted octanol–water partition coefficient (Wildman–Crippen LogP) is 40.5. The molecule has 17 nitrogen and oxygen atoms in total. The van der Waals surface area contributed by atoms with Crippen LogP contribution in [0.2, 0.25) is 0 Å². The van der Waals surface area contributed by atoms with Crippen LogP contribution in [0, 0.1) is 53.3 Å². The highest BCUT2D eigenvalue weighted by Crippen LogP contribution is 2.22. The second-order valence-electron chi connectivity index (χ2n) is 28.3. The maximum absolute atomic E-state index is 4.98. The molecule has 0 aromatic carbocycles. The SMILES string of the molecule is C.C.C.C.CC.CC.CC.CC.CC.CC.CC.CC.CC.CC.CC.CC(C)(C)c1nnco1.CC(C)(C)c1nncs1.CC(C)C.CC(C)C.CC(C)C.CC(C)C.CC(C)C.CC(C)C.CC(C)C.CC(C)C.CC(C)C.c1c[nH]cn1.c1cc[nH]c1.c1ccoc1.c1ccsc1.c1cn[nH]c1.c1cnoc1.c1cnsc1.c1cocn1.c1cscn1. The van der Waals surface area contributed by atoms with Crippen LogP contribution in [0.4, 0.5) is 0 Å². The van der Waals surface area contributed by atoms with Crippen molar-refractivity contribution < 1.29 is 17.8 Å². The minimum absolute atomic E-state index is 0. The number of imidazole rings is 1. The smallest absolute Gasteiger partial charge is 0.221 e. The van der Waals surface area contributed by atoms with Crippen LogP contribution >= 0.6 is 45.5 Å². The second-order valence-corrected chi connectivity index (χ2v) is 31.4. The van der Waals surface area contributed by atoms with E-state index in [2.05, 4.69) is 286 Å². The summed E-state index contributed by atoms with van der Waals surface area (Å²) in [4.78, 5) is 16.6. The first-order valence-corrected chi connectivity index (χ1v) is 48.6. The fourth-order valence-corrected chi connectivity index (χ4v) is 4.66. The Bertz CT molecular complexity index is 1990. The van der Waals surface area contributed by atoms with Crippen LogP contribution < -0.4 is 0 Å². The third kappa shape index (κ3) is 378. The van der Waals surface area contributed by atoms with Gasteiger partial charge in [0.25, 0.3) is 0 Å². The Labute approximate surface area is 801 Å². The van der Waals surface area contributed by atoms with E-state index in [0.29, 0.717) is 5.89 Å². The molecule has 0 amide bonds. The van der Waals surface area contributed by atoms with Gasteiger partial charge < -0.3 is 27.7 Å². The molecule has 125 heavy (non-hydrogen) atoms. The van der Waals surface area contributed by atoms with Gasteiger partial charge in [0.2, 0.25) is 12.3 Å². The summed E-state index contributed by atoms with van der Waals surface area (Å²) in [5, 5.41) is 33.7. The van der Waals surface area contributed by atoms with Crippen molar-refractivity contribution in [3.8, 4) is 0 Å². The zero-order valence-electron chi connectivity index (χ0n) is 89.9. The molecule has 0 aliphatic heterocycles. The summed E-state index contributed by atoms with van der Waals surface area (Å²) in [5.41, 5.74) is 3.71. The van der Waals surface area contributed by atoms with Crippen LogP contribution in [-0.4, -0.2) is 65.0 Å². The van der Waals surface area contributed by atoms with Gasteiger partial charge in [0, 0.05) is 71.2 Å². The van der Waals surface area contributed by atoms with Crippen molar-refractivity contribution in [3.63, 3.8) is 0 Å². The minimum atomic E-state index is -0.0174. The van der Waals surface area contributed by atoms with Crippen molar-refractivity contribution in [3.05, 3.63) is 204 Å². The molecule has 11 rings (SSSR count). The molecule has 0 saturated carbocycles. The van der Waals surface area contributed by atoms with Crippen molar-refractivity contribution in [2.75, 3.05) is 0 Å². The highest BCUT2D eigenvalue weighted by atomic mass is 32.1. The first-order chi connectivity index (χ1) is 57.3. The van der Waals surface area contributed by atoms with Gasteiger partial charge in [0.15, 0.2) is 6.39 Å². The number of H-pyrrole nitrogens is 3. The molecule has 0 unspecified atom stereocenters. The number of hydrogen-bond donors (Lipinski definition) is 3. The summed E-state index contributed by atoms with van der Waals surface area (Å²) in [6, 6.07) is 17.1. The lowest BCUT2D eigenvalue weighted by atomic mass is 9.97. The first kappa shape index (κ1) is 183. The van der Waals surface area contributed by atoms with Crippen LogP contribution in [0.25, 0.3) is 0 Å². The monoisotopic (exact) mass is 1850 g/mol. The Hall–Kier alpha value is -6.94. The number of nitrogens with zero attached hydrogens (tertiary/aromatic N) is 10. The third-order valence-corrected chi connectivity index (χ3v) is 8.34. The first-order valence-electron chi connectivity index (χ1n) is 45.0. The summed E-state index contributed by atoms with van der Waals surface area (Å²) >= 11 is 6.39. The fraction of sp³-hybridized carbons (Fsp3) is 0.673. The van der Waals surface area contributed by atoms with E-state index in [0.717, 1.165) is 58.3 Å². The fourth-order valence-electron chi connectivity index (χ4n) is 2.86. The number of rotatable bonds is 0. The van der Waals surface area contributed by atoms with Crippen molar-refractivity contribution in [1.29, 1.82) is 0 Å². The number of oxazole rings is 1. The Morgan fingerprint density at radius 2 is 0.720 bits per heavy atom. The number of hydrogen-bond acceptors (Lipinski definition) is 18. The summed E-state index contributed by atoms with van der Waals surface area (Å²) in [6.07, 6.45) is 28.0. The number of thiazole rings is 1. The molecular formula is C104H225N13O4S4. The average molecular weight is 1850 g/mol. The van der Waals surface area contributed by atoms with Gasteiger partial charge >= 0.3 is 0 Å². The molecule has 0 saturated heterocycles. The van der Waals surface area contributed by atoms with E-state index < -0.39 is 0 Å². The van der Waals surface area contributed by atoms with Gasteiger partial charge in [0.05, 0.1) is 36.8 Å². The number of thiophene rings is 1. The van der Waals surface area contributed by atoms with Gasteiger partial charge in [-0.1, -0.05) is 428 Å². The lowest BCUT2D eigenvalue weighted by Crippen LogP contribution is -2.11. The highest BCUT2D eigenvalue weighted by molar-refractivity contribution is 7.09. The van der Waals surface area contributed by atoms with Gasteiger partial charge in [-0.15, -0.1) is 43.1 Å². The van der Waals surface area contributed by atoms with Crippen molar-refractivity contribution >= 4 is 45.5 Å². The number of nitrogens with one attached hydrogen (secondary N) is 3. The quantitative estimate of drug-likeness (QED) is 0.128. The summed E-state index contributed by atoms with van der Waals surface area (Å²) < 4.78 is 22.1. The van der Waals surface area contributed by atoms with Crippen molar-refractivity contribution in [2.24, 2.45) is 53.3 Å². The Balaban J connectivity index is -0.0000000387. The van der Waals surface area contributed by atoms with E-state index in [1.165, 1.54) is 36.8 Å². The number of furan rings is 1. The Morgan fingerprint density at radius 1 is 0.312 bits per heavy atom. The van der Waals surface area contributed by atoms with E-state index in [9.17, 15) is 0 Å².